The largest absolute Gasteiger partial charge is 0.482 e. The highest BCUT2D eigenvalue weighted by Gasteiger charge is 2.38. The minimum absolute atomic E-state index is 0.281. The van der Waals surface area contributed by atoms with Crippen LogP contribution in [0, 0.1) is 0 Å². The van der Waals surface area contributed by atoms with Crippen LogP contribution in [-0.4, -0.2) is 25.7 Å². The smallest absolute Gasteiger partial charge is 0.357 e. The summed E-state index contributed by atoms with van der Waals surface area (Å²) < 4.78 is 30.9. The van der Waals surface area contributed by atoms with Gasteiger partial charge >= 0.3 is 7.60 Å². The lowest BCUT2D eigenvalue weighted by Gasteiger charge is -2.28. The van der Waals surface area contributed by atoms with E-state index in [-0.39, 0.29) is 19.8 Å². The molecule has 1 unspecified atom stereocenters. The summed E-state index contributed by atoms with van der Waals surface area (Å²) in [6.45, 7) is 4.34. The fourth-order valence-electron chi connectivity index (χ4n) is 2.74. The maximum atomic E-state index is 13.8. The number of hydrogen-bond acceptors (Lipinski definition) is 5. The zero-order valence-corrected chi connectivity index (χ0v) is 19.7. The monoisotopic (exact) mass is 467 g/mol. The van der Waals surface area contributed by atoms with Crippen LogP contribution in [0.3, 0.4) is 0 Å². The SMILES string of the molecule is CCCCOP(=O)(OCCCC)C(NC(=O)COc1ccccc1Cl)c1ccccc1. The number of carbonyl (C=O) groups excluding carboxylic acids is 1. The van der Waals surface area contributed by atoms with Gasteiger partial charge in [-0.1, -0.05) is 80.8 Å². The summed E-state index contributed by atoms with van der Waals surface area (Å²) in [5.74, 6) is -0.992. The van der Waals surface area contributed by atoms with Crippen LogP contribution in [0.25, 0.3) is 0 Å². The van der Waals surface area contributed by atoms with Crippen molar-refractivity contribution in [3.05, 3.63) is 65.2 Å². The lowest BCUT2D eigenvalue weighted by Crippen LogP contribution is -2.33. The summed E-state index contributed by atoms with van der Waals surface area (Å²) >= 11 is 6.08. The van der Waals surface area contributed by atoms with Crippen molar-refractivity contribution in [1.82, 2.24) is 5.32 Å². The van der Waals surface area contributed by atoms with Crippen LogP contribution in [0.5, 0.6) is 5.75 Å². The van der Waals surface area contributed by atoms with Gasteiger partial charge in [0, 0.05) is 0 Å². The van der Waals surface area contributed by atoms with Crippen molar-refractivity contribution in [2.24, 2.45) is 0 Å². The van der Waals surface area contributed by atoms with Crippen molar-refractivity contribution in [3.8, 4) is 5.75 Å². The molecule has 8 heteroatoms. The molecule has 2 rings (SSSR count). The van der Waals surface area contributed by atoms with Crippen molar-refractivity contribution in [1.29, 1.82) is 0 Å². The van der Waals surface area contributed by atoms with Gasteiger partial charge in [0.2, 0.25) is 0 Å². The number of rotatable bonds is 14. The predicted molar refractivity (Wildman–Crippen MR) is 124 cm³/mol. The third kappa shape index (κ3) is 8.30. The topological polar surface area (TPSA) is 73.9 Å². The first-order valence-electron chi connectivity index (χ1n) is 10.6. The summed E-state index contributed by atoms with van der Waals surface area (Å²) in [5.41, 5.74) is 0.643. The zero-order valence-electron chi connectivity index (χ0n) is 18.1. The molecule has 0 fully saturated rings. The van der Waals surface area contributed by atoms with E-state index in [1.807, 2.05) is 32.0 Å². The number of ether oxygens (including phenoxy) is 1. The second-order valence-electron chi connectivity index (χ2n) is 7.01. The van der Waals surface area contributed by atoms with E-state index in [1.54, 1.807) is 36.4 Å². The van der Waals surface area contributed by atoms with Gasteiger partial charge in [-0.3, -0.25) is 9.36 Å². The van der Waals surface area contributed by atoms with Gasteiger partial charge < -0.3 is 19.1 Å². The molecule has 1 amide bonds. The molecule has 0 heterocycles. The van der Waals surface area contributed by atoms with Gasteiger partial charge in [-0.05, 0) is 30.5 Å². The third-order valence-electron chi connectivity index (χ3n) is 4.46. The van der Waals surface area contributed by atoms with E-state index in [2.05, 4.69) is 5.32 Å². The first-order chi connectivity index (χ1) is 15.0. The Hall–Kier alpha value is -1.85. The third-order valence-corrected chi connectivity index (χ3v) is 6.92. The molecule has 0 radical (unpaired) electrons. The van der Waals surface area contributed by atoms with E-state index in [0.717, 1.165) is 25.7 Å². The maximum Gasteiger partial charge on any atom is 0.357 e. The van der Waals surface area contributed by atoms with Crippen LogP contribution in [-0.2, 0) is 18.4 Å². The van der Waals surface area contributed by atoms with Gasteiger partial charge in [0.05, 0.1) is 18.2 Å². The Morgan fingerprint density at radius 2 is 1.55 bits per heavy atom. The molecule has 0 aromatic heterocycles. The number of benzene rings is 2. The van der Waals surface area contributed by atoms with Crippen LogP contribution in [0.4, 0.5) is 0 Å². The van der Waals surface area contributed by atoms with E-state index in [0.29, 0.717) is 16.3 Å². The number of amides is 1. The Morgan fingerprint density at radius 1 is 0.968 bits per heavy atom. The molecule has 0 saturated heterocycles. The molecule has 31 heavy (non-hydrogen) atoms. The predicted octanol–water partition coefficient (Wildman–Crippen LogP) is 6.36. The van der Waals surface area contributed by atoms with Crippen molar-refractivity contribution in [2.45, 2.75) is 45.3 Å². The molecular weight excluding hydrogens is 437 g/mol. The number of hydrogen-bond donors (Lipinski definition) is 1. The number of carbonyl (C=O) groups is 1. The average Bonchev–Trinajstić information content (AvgIpc) is 2.78. The van der Waals surface area contributed by atoms with Gasteiger partial charge in [-0.2, -0.15) is 0 Å². The lowest BCUT2D eigenvalue weighted by atomic mass is 10.2. The minimum Gasteiger partial charge on any atom is -0.482 e. The molecule has 1 N–H and O–H groups in total. The van der Waals surface area contributed by atoms with Crippen molar-refractivity contribution in [2.75, 3.05) is 19.8 Å². The standard InChI is InChI=1S/C23H31ClNO5P/c1-3-5-16-29-31(27,30-17-6-4-2)23(19-12-8-7-9-13-19)25-22(26)18-28-21-15-11-10-14-20(21)24/h7-15,23H,3-6,16-18H2,1-2H3,(H,25,26). The summed E-state index contributed by atoms with van der Waals surface area (Å²) in [4.78, 5) is 12.7. The zero-order chi connectivity index (χ0) is 22.5. The van der Waals surface area contributed by atoms with Gasteiger partial charge in [0.15, 0.2) is 12.4 Å². The Bertz CT molecular complexity index is 835. The lowest BCUT2D eigenvalue weighted by molar-refractivity contribution is -0.123. The molecular formula is C23H31ClNO5P. The van der Waals surface area contributed by atoms with Crippen LogP contribution < -0.4 is 10.1 Å². The fraction of sp³-hybridized carbons (Fsp3) is 0.435. The average molecular weight is 468 g/mol. The highest BCUT2D eigenvalue weighted by atomic mass is 35.5. The summed E-state index contributed by atoms with van der Waals surface area (Å²) in [6, 6.07) is 16.0. The van der Waals surface area contributed by atoms with E-state index >= 15 is 0 Å². The van der Waals surface area contributed by atoms with Gasteiger partial charge in [-0.25, -0.2) is 0 Å². The van der Waals surface area contributed by atoms with E-state index < -0.39 is 19.3 Å². The first-order valence-corrected chi connectivity index (χ1v) is 12.6. The van der Waals surface area contributed by atoms with E-state index in [9.17, 15) is 9.36 Å². The summed E-state index contributed by atoms with van der Waals surface area (Å²) in [7, 11) is -3.68. The van der Waals surface area contributed by atoms with Crippen molar-refractivity contribution < 1.29 is 23.1 Å². The summed E-state index contributed by atoms with van der Waals surface area (Å²) in [5, 5.41) is 3.21. The Balaban J connectivity index is 2.19. The quantitative estimate of drug-likeness (QED) is 0.258. The number of halogens is 1. The molecule has 0 aliphatic heterocycles. The summed E-state index contributed by atoms with van der Waals surface area (Å²) in [6.07, 6.45) is 3.27. The molecule has 0 aliphatic carbocycles. The Labute approximate surface area is 189 Å². The molecule has 2 aromatic carbocycles. The number of para-hydroxylation sites is 1. The van der Waals surface area contributed by atoms with Crippen LogP contribution in [0.2, 0.25) is 5.02 Å². The van der Waals surface area contributed by atoms with Gasteiger partial charge in [-0.15, -0.1) is 0 Å². The minimum atomic E-state index is -3.68. The second-order valence-corrected chi connectivity index (χ2v) is 9.53. The van der Waals surface area contributed by atoms with Crippen molar-refractivity contribution >= 4 is 25.1 Å². The Morgan fingerprint density at radius 3 is 2.13 bits per heavy atom. The van der Waals surface area contributed by atoms with E-state index in [4.69, 9.17) is 25.4 Å². The molecule has 0 spiro atoms. The highest BCUT2D eigenvalue weighted by Crippen LogP contribution is 2.59. The molecule has 0 aliphatic rings. The number of unbranched alkanes of at least 4 members (excludes halogenated alkanes) is 2. The maximum absolute atomic E-state index is 13.8. The second kappa shape index (κ2) is 13.5. The molecule has 170 valence electrons. The highest BCUT2D eigenvalue weighted by molar-refractivity contribution is 7.54. The first kappa shape index (κ1) is 25.4. The molecule has 0 bridgehead atoms. The van der Waals surface area contributed by atoms with Gasteiger partial charge in [0.1, 0.15) is 5.75 Å². The molecule has 6 nitrogen and oxygen atoms in total. The van der Waals surface area contributed by atoms with Crippen LogP contribution in [0.1, 0.15) is 50.9 Å². The van der Waals surface area contributed by atoms with Gasteiger partial charge in [0.25, 0.3) is 5.91 Å². The molecule has 2 aromatic rings. The number of nitrogens with one attached hydrogen (secondary N) is 1. The normalized spacial score (nSPS) is 12.4. The van der Waals surface area contributed by atoms with Crippen molar-refractivity contribution in [3.63, 3.8) is 0 Å². The molecule has 0 saturated carbocycles. The fourth-order valence-corrected chi connectivity index (χ4v) is 4.91. The molecule has 1 atom stereocenters. The van der Waals surface area contributed by atoms with Crippen LogP contribution in [0.15, 0.2) is 54.6 Å². The van der Waals surface area contributed by atoms with E-state index in [1.165, 1.54) is 0 Å². The van der Waals surface area contributed by atoms with Crippen LogP contribution >= 0.6 is 19.2 Å². The Kier molecular flexibility index (Phi) is 11.1.